The third kappa shape index (κ3) is 2.77. The summed E-state index contributed by atoms with van der Waals surface area (Å²) in [5.41, 5.74) is 1.83. The number of hydrogen-bond acceptors (Lipinski definition) is 5. The maximum atomic E-state index is 12.3. The van der Waals surface area contributed by atoms with Crippen molar-refractivity contribution in [1.29, 1.82) is 0 Å². The minimum absolute atomic E-state index is 0.0918. The number of rotatable bonds is 4. The van der Waals surface area contributed by atoms with Gasteiger partial charge in [0.25, 0.3) is 10.0 Å². The largest absolute Gasteiger partial charge is 0.378 e. The number of nitrogens with one attached hydrogen (secondary N) is 1. The normalized spacial score (nSPS) is 11.4. The Morgan fingerprint density at radius 3 is 2.20 bits per heavy atom. The van der Waals surface area contributed by atoms with Crippen molar-refractivity contribution in [2.45, 2.75) is 18.7 Å². The zero-order valence-electron chi connectivity index (χ0n) is 11.8. The van der Waals surface area contributed by atoms with Crippen LogP contribution in [0.2, 0.25) is 0 Å². The van der Waals surface area contributed by atoms with Gasteiger partial charge in [0.15, 0.2) is 10.7 Å². The summed E-state index contributed by atoms with van der Waals surface area (Å²) < 4.78 is 32.0. The zero-order chi connectivity index (χ0) is 14.9. The summed E-state index contributed by atoms with van der Waals surface area (Å²) in [6, 6.07) is 7.10. The summed E-state index contributed by atoms with van der Waals surface area (Å²) in [4.78, 5) is 2.03. The van der Waals surface area contributed by atoms with E-state index in [2.05, 4.69) is 9.88 Å². The first-order chi connectivity index (χ1) is 9.31. The van der Waals surface area contributed by atoms with Crippen LogP contribution >= 0.6 is 0 Å². The van der Waals surface area contributed by atoms with Gasteiger partial charge in [0.2, 0.25) is 0 Å². The molecule has 108 valence electrons. The number of sulfonamides is 1. The maximum absolute atomic E-state index is 12.3. The van der Waals surface area contributed by atoms with Gasteiger partial charge in [-0.1, -0.05) is 5.16 Å². The molecule has 2 aromatic rings. The van der Waals surface area contributed by atoms with E-state index in [-0.39, 0.29) is 10.7 Å². The van der Waals surface area contributed by atoms with Gasteiger partial charge >= 0.3 is 0 Å². The van der Waals surface area contributed by atoms with Crippen LogP contribution in [-0.4, -0.2) is 27.7 Å². The molecule has 0 spiro atoms. The summed E-state index contributed by atoms with van der Waals surface area (Å²) in [5, 5.41) is 3.66. The number of aromatic nitrogens is 1. The van der Waals surface area contributed by atoms with Crippen molar-refractivity contribution in [3.8, 4) is 0 Å². The van der Waals surface area contributed by atoms with Crippen molar-refractivity contribution in [2.24, 2.45) is 0 Å². The van der Waals surface area contributed by atoms with Crippen LogP contribution in [-0.2, 0) is 10.0 Å². The van der Waals surface area contributed by atoms with Crippen LogP contribution in [0, 0.1) is 13.8 Å². The van der Waals surface area contributed by atoms with Crippen LogP contribution in [0.1, 0.15) is 11.5 Å². The Hall–Kier alpha value is -2.02. The first-order valence-electron chi connectivity index (χ1n) is 6.04. The molecule has 0 aliphatic rings. The third-order valence-corrected chi connectivity index (χ3v) is 4.50. The van der Waals surface area contributed by atoms with Crippen molar-refractivity contribution in [1.82, 2.24) is 5.16 Å². The van der Waals surface area contributed by atoms with Gasteiger partial charge in [-0.05, 0) is 38.1 Å². The van der Waals surface area contributed by atoms with Crippen molar-refractivity contribution in [3.05, 3.63) is 35.7 Å². The fraction of sp³-hybridized carbons (Fsp3) is 0.308. The minimum atomic E-state index is -3.68. The smallest absolute Gasteiger partial charge is 0.267 e. The topological polar surface area (TPSA) is 75.4 Å². The standard InChI is InChI=1S/C13H17N3O3S/c1-9-13(10(2)19-14-9)20(17,18)15-11-5-7-12(8-6-11)16(3)4/h5-8,15H,1-4H3. The SMILES string of the molecule is Cc1noc(C)c1S(=O)(=O)Nc1ccc(N(C)C)cc1. The molecule has 1 aromatic carbocycles. The molecule has 6 nitrogen and oxygen atoms in total. The molecule has 2 rings (SSSR count). The van der Waals surface area contributed by atoms with Crippen molar-refractivity contribution in [3.63, 3.8) is 0 Å². The fourth-order valence-corrected chi connectivity index (χ4v) is 3.28. The van der Waals surface area contributed by atoms with Gasteiger partial charge in [-0.2, -0.15) is 0 Å². The molecule has 0 saturated carbocycles. The maximum Gasteiger partial charge on any atom is 0.267 e. The van der Waals surface area contributed by atoms with Gasteiger partial charge in [0, 0.05) is 25.5 Å². The lowest BCUT2D eigenvalue weighted by Gasteiger charge is -2.13. The van der Waals surface area contributed by atoms with Crippen LogP contribution in [0.4, 0.5) is 11.4 Å². The van der Waals surface area contributed by atoms with Gasteiger partial charge < -0.3 is 9.42 Å². The van der Waals surface area contributed by atoms with Crippen LogP contribution in [0.15, 0.2) is 33.7 Å². The van der Waals surface area contributed by atoms with Crippen LogP contribution in [0.3, 0.4) is 0 Å². The average molecular weight is 295 g/mol. The lowest BCUT2D eigenvalue weighted by atomic mass is 10.3. The minimum Gasteiger partial charge on any atom is -0.378 e. The summed E-state index contributed by atoms with van der Waals surface area (Å²) in [7, 11) is 0.155. The molecule has 0 amide bonds. The molecule has 20 heavy (non-hydrogen) atoms. The Balaban J connectivity index is 2.29. The molecule has 0 saturated heterocycles. The van der Waals surface area contributed by atoms with Gasteiger partial charge in [-0.15, -0.1) is 0 Å². The van der Waals surface area contributed by atoms with E-state index in [4.69, 9.17) is 4.52 Å². The van der Waals surface area contributed by atoms with E-state index in [0.717, 1.165) is 5.69 Å². The molecular formula is C13H17N3O3S. The Morgan fingerprint density at radius 1 is 1.15 bits per heavy atom. The second kappa shape index (κ2) is 5.16. The number of aryl methyl sites for hydroxylation is 2. The molecule has 0 bridgehead atoms. The predicted molar refractivity (Wildman–Crippen MR) is 77.6 cm³/mol. The first kappa shape index (κ1) is 14.4. The summed E-state index contributed by atoms with van der Waals surface area (Å²) in [6.07, 6.45) is 0. The van der Waals surface area contributed by atoms with Gasteiger partial charge in [0.1, 0.15) is 5.69 Å². The second-order valence-corrected chi connectivity index (χ2v) is 6.32. The van der Waals surface area contributed by atoms with Crippen molar-refractivity contribution >= 4 is 21.4 Å². The highest BCUT2D eigenvalue weighted by Gasteiger charge is 2.24. The first-order valence-corrected chi connectivity index (χ1v) is 7.52. The lowest BCUT2D eigenvalue weighted by Crippen LogP contribution is -2.14. The van der Waals surface area contributed by atoms with Crippen LogP contribution in [0.25, 0.3) is 0 Å². The van der Waals surface area contributed by atoms with E-state index in [1.165, 1.54) is 0 Å². The molecule has 0 radical (unpaired) electrons. The monoisotopic (exact) mass is 295 g/mol. The quantitative estimate of drug-likeness (QED) is 0.935. The molecule has 0 fully saturated rings. The predicted octanol–water partition coefficient (Wildman–Crippen LogP) is 2.16. The molecule has 1 aromatic heterocycles. The Bertz CT molecular complexity index is 683. The van der Waals surface area contributed by atoms with E-state index < -0.39 is 10.0 Å². The molecule has 1 N–H and O–H groups in total. The van der Waals surface area contributed by atoms with E-state index in [0.29, 0.717) is 11.4 Å². The Kier molecular flexibility index (Phi) is 3.71. The molecule has 0 atom stereocenters. The average Bonchev–Trinajstić information content (AvgIpc) is 2.69. The molecule has 1 heterocycles. The van der Waals surface area contributed by atoms with Crippen LogP contribution < -0.4 is 9.62 Å². The second-order valence-electron chi connectivity index (χ2n) is 4.70. The van der Waals surface area contributed by atoms with Crippen molar-refractivity contribution < 1.29 is 12.9 Å². The highest BCUT2D eigenvalue weighted by molar-refractivity contribution is 7.92. The molecular weight excluding hydrogens is 278 g/mol. The molecule has 7 heteroatoms. The Labute approximate surface area is 118 Å². The number of nitrogens with zero attached hydrogens (tertiary/aromatic N) is 2. The zero-order valence-corrected chi connectivity index (χ0v) is 12.7. The molecule has 0 aliphatic heterocycles. The lowest BCUT2D eigenvalue weighted by molar-refractivity contribution is 0.390. The Morgan fingerprint density at radius 2 is 1.75 bits per heavy atom. The van der Waals surface area contributed by atoms with E-state index in [1.54, 1.807) is 26.0 Å². The van der Waals surface area contributed by atoms with Crippen molar-refractivity contribution in [2.75, 3.05) is 23.7 Å². The summed E-state index contributed by atoms with van der Waals surface area (Å²) >= 11 is 0. The van der Waals surface area contributed by atoms with Gasteiger partial charge in [-0.25, -0.2) is 8.42 Å². The third-order valence-electron chi connectivity index (χ3n) is 2.87. The van der Waals surface area contributed by atoms with E-state index in [9.17, 15) is 8.42 Å². The van der Waals surface area contributed by atoms with E-state index >= 15 is 0 Å². The highest BCUT2D eigenvalue weighted by atomic mass is 32.2. The molecule has 0 aliphatic carbocycles. The summed E-state index contributed by atoms with van der Waals surface area (Å²) in [6.45, 7) is 3.17. The molecule has 0 unspecified atom stereocenters. The van der Waals surface area contributed by atoms with Gasteiger partial charge in [0.05, 0.1) is 0 Å². The number of hydrogen-bond donors (Lipinski definition) is 1. The number of benzene rings is 1. The number of anilines is 2. The summed E-state index contributed by atoms with van der Waals surface area (Å²) in [5.74, 6) is 0.278. The van der Waals surface area contributed by atoms with E-state index in [1.807, 2.05) is 31.1 Å². The fourth-order valence-electron chi connectivity index (χ4n) is 1.89. The highest BCUT2D eigenvalue weighted by Crippen LogP contribution is 2.23. The van der Waals surface area contributed by atoms with Crippen LogP contribution in [0.5, 0.6) is 0 Å². The van der Waals surface area contributed by atoms with Gasteiger partial charge in [-0.3, -0.25) is 4.72 Å².